The Labute approximate surface area is 201 Å². The Morgan fingerprint density at radius 3 is 2.56 bits per heavy atom. The van der Waals surface area contributed by atoms with Crippen LogP contribution in [-0.4, -0.2) is 80.2 Å². The predicted molar refractivity (Wildman–Crippen MR) is 126 cm³/mol. The van der Waals surface area contributed by atoms with Crippen molar-refractivity contribution in [2.24, 2.45) is 0 Å². The number of nitrogens with zero attached hydrogens (tertiary/aromatic N) is 7. The minimum Gasteiger partial charge on any atom is -0.376 e. The van der Waals surface area contributed by atoms with Crippen LogP contribution in [0.4, 0.5) is 10.3 Å². The Morgan fingerprint density at radius 2 is 1.85 bits per heavy atom. The molecule has 1 aromatic carbocycles. The maximum absolute atomic E-state index is 13.4. The number of aromatic nitrogens is 5. The second-order valence-electron chi connectivity index (χ2n) is 8.26. The molecule has 4 heterocycles. The Bertz CT molecular complexity index is 1100. The molecular weight excluding hydrogens is 457 g/mol. The van der Waals surface area contributed by atoms with E-state index in [0.29, 0.717) is 49.7 Å². The molecule has 178 valence electrons. The molecule has 0 radical (unpaired) electrons. The molecule has 0 aliphatic carbocycles. The lowest BCUT2D eigenvalue weighted by atomic mass is 10.2. The Hall–Kier alpha value is -3.05. The van der Waals surface area contributed by atoms with Crippen molar-refractivity contribution in [1.29, 1.82) is 0 Å². The summed E-state index contributed by atoms with van der Waals surface area (Å²) < 4.78 is 21.2. The fourth-order valence-electron chi connectivity index (χ4n) is 4.19. The van der Waals surface area contributed by atoms with Crippen LogP contribution in [0.1, 0.15) is 12.8 Å². The molecule has 34 heavy (non-hydrogen) atoms. The molecule has 3 aromatic rings. The fraction of sp³-hybridized carbons (Fsp3) is 0.435. The molecule has 0 unspecified atom stereocenters. The van der Waals surface area contributed by atoms with Gasteiger partial charge in [0.25, 0.3) is 0 Å². The largest absolute Gasteiger partial charge is 0.376 e. The van der Waals surface area contributed by atoms with E-state index < -0.39 is 0 Å². The number of rotatable bonds is 7. The minimum atomic E-state index is -0.298. The number of thioether (sulfide) groups is 1. The lowest BCUT2D eigenvalue weighted by Gasteiger charge is -2.34. The number of halogens is 1. The zero-order valence-corrected chi connectivity index (χ0v) is 19.5. The highest BCUT2D eigenvalue weighted by molar-refractivity contribution is 7.99. The summed E-state index contributed by atoms with van der Waals surface area (Å²) in [6, 6.07) is 8.01. The van der Waals surface area contributed by atoms with Gasteiger partial charge in [0.15, 0.2) is 11.0 Å². The highest BCUT2D eigenvalue weighted by Crippen LogP contribution is 2.27. The van der Waals surface area contributed by atoms with Crippen molar-refractivity contribution >= 4 is 23.6 Å². The Kier molecular flexibility index (Phi) is 7.00. The summed E-state index contributed by atoms with van der Waals surface area (Å²) in [6.07, 6.45) is 5.53. The summed E-state index contributed by atoms with van der Waals surface area (Å²) in [6.45, 7) is 4.00. The van der Waals surface area contributed by atoms with Gasteiger partial charge in [0.2, 0.25) is 11.9 Å². The van der Waals surface area contributed by atoms with Crippen molar-refractivity contribution in [2.75, 3.05) is 43.4 Å². The standard InChI is InChI=1S/C23H26FN7O2S/c24-18-6-4-17(5-7-18)21-27-28-23(31(21)15-19-3-1-14-33-19)34-16-20(32)29-10-12-30(13-11-29)22-25-8-2-9-26-22/h2,4-9,19H,1,3,10-16H2/t19-/m1/s1. The first-order valence-corrected chi connectivity index (χ1v) is 12.4. The van der Waals surface area contributed by atoms with E-state index in [0.717, 1.165) is 25.0 Å². The molecule has 2 aromatic heterocycles. The normalized spacial score (nSPS) is 18.4. The van der Waals surface area contributed by atoms with Crippen LogP contribution in [0.5, 0.6) is 0 Å². The summed E-state index contributed by atoms with van der Waals surface area (Å²) in [4.78, 5) is 25.5. The quantitative estimate of drug-likeness (QED) is 0.474. The van der Waals surface area contributed by atoms with Gasteiger partial charge in [-0.2, -0.15) is 0 Å². The molecule has 2 saturated heterocycles. The molecule has 9 nitrogen and oxygen atoms in total. The van der Waals surface area contributed by atoms with Crippen LogP contribution in [-0.2, 0) is 16.1 Å². The summed E-state index contributed by atoms with van der Waals surface area (Å²) >= 11 is 1.38. The van der Waals surface area contributed by atoms with Crippen LogP contribution in [0.2, 0.25) is 0 Å². The number of benzene rings is 1. The molecule has 2 fully saturated rings. The highest BCUT2D eigenvalue weighted by atomic mass is 32.2. The lowest BCUT2D eigenvalue weighted by molar-refractivity contribution is -0.128. The fourth-order valence-corrected chi connectivity index (χ4v) is 5.04. The average molecular weight is 484 g/mol. The monoisotopic (exact) mass is 483 g/mol. The van der Waals surface area contributed by atoms with Crippen LogP contribution < -0.4 is 4.90 Å². The molecule has 1 atom stereocenters. The summed E-state index contributed by atoms with van der Waals surface area (Å²) in [5.74, 6) is 1.39. The van der Waals surface area contributed by atoms with Crippen molar-refractivity contribution < 1.29 is 13.9 Å². The van der Waals surface area contributed by atoms with Crippen molar-refractivity contribution in [2.45, 2.75) is 30.6 Å². The van der Waals surface area contributed by atoms with Crippen LogP contribution in [0, 0.1) is 5.82 Å². The summed E-state index contributed by atoms with van der Waals surface area (Å²) in [5.41, 5.74) is 0.782. The molecule has 0 saturated carbocycles. The van der Waals surface area contributed by atoms with E-state index in [9.17, 15) is 9.18 Å². The van der Waals surface area contributed by atoms with Crippen molar-refractivity contribution in [3.63, 3.8) is 0 Å². The van der Waals surface area contributed by atoms with Crippen LogP contribution in [0.25, 0.3) is 11.4 Å². The van der Waals surface area contributed by atoms with Crippen LogP contribution in [0.15, 0.2) is 47.9 Å². The first-order valence-electron chi connectivity index (χ1n) is 11.4. The Balaban J connectivity index is 1.24. The van der Waals surface area contributed by atoms with Crippen LogP contribution in [0.3, 0.4) is 0 Å². The zero-order chi connectivity index (χ0) is 23.3. The van der Waals surface area contributed by atoms with Crippen LogP contribution >= 0.6 is 11.8 Å². The van der Waals surface area contributed by atoms with E-state index >= 15 is 0 Å². The van der Waals surface area contributed by atoms with Gasteiger partial charge in [0, 0.05) is 50.7 Å². The third-order valence-corrected chi connectivity index (χ3v) is 6.97. The van der Waals surface area contributed by atoms with Crippen molar-refractivity contribution in [1.82, 2.24) is 29.6 Å². The van der Waals surface area contributed by atoms with E-state index in [-0.39, 0.29) is 23.6 Å². The van der Waals surface area contributed by atoms with E-state index in [2.05, 4.69) is 25.1 Å². The van der Waals surface area contributed by atoms with Gasteiger partial charge in [0.1, 0.15) is 5.82 Å². The smallest absolute Gasteiger partial charge is 0.233 e. The number of piperazine rings is 1. The average Bonchev–Trinajstić information content (AvgIpc) is 3.54. The van der Waals surface area contributed by atoms with Gasteiger partial charge in [-0.15, -0.1) is 10.2 Å². The topological polar surface area (TPSA) is 89.3 Å². The number of amides is 1. The van der Waals surface area contributed by atoms with E-state index in [1.807, 2.05) is 9.47 Å². The molecule has 2 aliphatic rings. The van der Waals surface area contributed by atoms with Crippen molar-refractivity contribution in [3.05, 3.63) is 48.5 Å². The van der Waals surface area contributed by atoms with Gasteiger partial charge in [0.05, 0.1) is 18.4 Å². The molecule has 0 bridgehead atoms. The van der Waals surface area contributed by atoms with E-state index in [1.54, 1.807) is 30.6 Å². The number of anilines is 1. The van der Waals surface area contributed by atoms with E-state index in [1.165, 1.54) is 23.9 Å². The maximum atomic E-state index is 13.4. The molecule has 2 aliphatic heterocycles. The maximum Gasteiger partial charge on any atom is 0.233 e. The predicted octanol–water partition coefficient (Wildman–Crippen LogP) is 2.49. The molecule has 0 N–H and O–H groups in total. The van der Waals surface area contributed by atoms with E-state index in [4.69, 9.17) is 4.74 Å². The summed E-state index contributed by atoms with van der Waals surface area (Å²) in [5, 5.41) is 9.38. The SMILES string of the molecule is O=C(CSc1nnc(-c2ccc(F)cc2)n1C[C@H]1CCCO1)N1CCN(c2ncccn2)CC1. The molecule has 1 amide bonds. The molecular formula is C23H26FN7O2S. The third kappa shape index (κ3) is 5.20. The highest BCUT2D eigenvalue weighted by Gasteiger charge is 2.25. The second kappa shape index (κ2) is 10.5. The van der Waals surface area contributed by atoms with Gasteiger partial charge >= 0.3 is 0 Å². The van der Waals surface area contributed by atoms with Crippen molar-refractivity contribution in [3.8, 4) is 11.4 Å². The number of carbonyl (C=O) groups is 1. The van der Waals surface area contributed by atoms with Gasteiger partial charge in [-0.25, -0.2) is 14.4 Å². The van der Waals surface area contributed by atoms with Gasteiger partial charge < -0.3 is 14.5 Å². The second-order valence-corrected chi connectivity index (χ2v) is 9.21. The lowest BCUT2D eigenvalue weighted by Crippen LogP contribution is -2.49. The first kappa shape index (κ1) is 22.7. The van der Waals surface area contributed by atoms with Gasteiger partial charge in [-0.05, 0) is 43.2 Å². The molecule has 11 heteroatoms. The Morgan fingerprint density at radius 1 is 1.09 bits per heavy atom. The molecule has 5 rings (SSSR count). The van der Waals surface area contributed by atoms with Gasteiger partial charge in [-0.1, -0.05) is 11.8 Å². The first-order chi connectivity index (χ1) is 16.7. The minimum absolute atomic E-state index is 0.0635. The number of ether oxygens (including phenoxy) is 1. The number of hydrogen-bond donors (Lipinski definition) is 0. The number of hydrogen-bond acceptors (Lipinski definition) is 8. The summed E-state index contributed by atoms with van der Waals surface area (Å²) in [7, 11) is 0. The van der Waals surface area contributed by atoms with Gasteiger partial charge in [-0.3, -0.25) is 9.36 Å². The third-order valence-electron chi connectivity index (χ3n) is 6.02. The zero-order valence-electron chi connectivity index (χ0n) is 18.7. The number of carbonyl (C=O) groups excluding carboxylic acids is 1. The molecule has 0 spiro atoms.